The number of anilines is 1. The van der Waals surface area contributed by atoms with Gasteiger partial charge in [-0.25, -0.2) is 8.78 Å². The van der Waals surface area contributed by atoms with E-state index in [1.165, 1.54) is 19.1 Å². The van der Waals surface area contributed by atoms with Crippen LogP contribution in [0, 0.1) is 5.41 Å². The molecule has 2 rings (SSSR count). The molecule has 0 heterocycles. The number of ketones is 2. The Labute approximate surface area is 138 Å². The van der Waals surface area contributed by atoms with E-state index in [-0.39, 0.29) is 18.4 Å². The first kappa shape index (κ1) is 18.2. The lowest BCUT2D eigenvalue weighted by atomic mass is 9.90. The monoisotopic (exact) mass is 338 g/mol. The summed E-state index contributed by atoms with van der Waals surface area (Å²) in [5.74, 6) is -1.57. The predicted octanol–water partition coefficient (Wildman–Crippen LogP) is 2.84. The van der Waals surface area contributed by atoms with E-state index in [0.717, 1.165) is 0 Å². The van der Waals surface area contributed by atoms with Gasteiger partial charge in [0.25, 0.3) is 6.43 Å². The van der Waals surface area contributed by atoms with Crippen molar-refractivity contribution in [1.29, 1.82) is 5.41 Å². The second-order valence-corrected chi connectivity index (χ2v) is 6.07. The molecule has 1 aromatic carbocycles. The Morgan fingerprint density at radius 2 is 1.92 bits per heavy atom. The van der Waals surface area contributed by atoms with Crippen molar-refractivity contribution in [2.24, 2.45) is 0 Å². The van der Waals surface area contributed by atoms with Gasteiger partial charge < -0.3 is 10.4 Å². The quantitative estimate of drug-likeness (QED) is 0.770. The van der Waals surface area contributed by atoms with Gasteiger partial charge in [0.1, 0.15) is 5.71 Å². The highest BCUT2D eigenvalue weighted by Gasteiger charge is 2.32. The topological polar surface area (TPSA) is 90.2 Å². The number of nitrogens with one attached hydrogen (secondary N) is 2. The molecule has 3 N–H and O–H groups in total. The molecule has 0 aliphatic heterocycles. The first-order valence-electron chi connectivity index (χ1n) is 7.75. The van der Waals surface area contributed by atoms with E-state index in [0.29, 0.717) is 11.3 Å². The van der Waals surface area contributed by atoms with Gasteiger partial charge in [0.2, 0.25) is 5.78 Å². The maximum Gasteiger partial charge on any atom is 0.264 e. The van der Waals surface area contributed by atoms with E-state index in [1.807, 2.05) is 0 Å². The van der Waals surface area contributed by atoms with Crippen molar-refractivity contribution in [3.8, 4) is 0 Å². The first-order chi connectivity index (χ1) is 11.2. The smallest absolute Gasteiger partial charge is 0.264 e. The van der Waals surface area contributed by atoms with Crippen LogP contribution in [0.3, 0.4) is 0 Å². The normalized spacial score (nSPS) is 21.1. The lowest BCUT2D eigenvalue weighted by molar-refractivity contribution is -0.119. The fourth-order valence-corrected chi connectivity index (χ4v) is 2.71. The Hall–Kier alpha value is -2.15. The van der Waals surface area contributed by atoms with E-state index < -0.39 is 41.8 Å². The maximum absolute atomic E-state index is 13.3. The lowest BCUT2D eigenvalue weighted by Crippen LogP contribution is -2.43. The lowest BCUT2D eigenvalue weighted by Gasteiger charge is -2.24. The Balaban J connectivity index is 2.26. The van der Waals surface area contributed by atoms with Crippen LogP contribution < -0.4 is 5.32 Å². The average Bonchev–Trinajstić information content (AvgIpc) is 2.54. The number of carbonyl (C=O) groups excluding carboxylic acids is 2. The number of rotatable bonds is 5. The van der Waals surface area contributed by atoms with Crippen molar-refractivity contribution in [2.45, 2.75) is 51.2 Å². The van der Waals surface area contributed by atoms with Crippen molar-refractivity contribution in [3.05, 3.63) is 29.3 Å². The van der Waals surface area contributed by atoms with Crippen LogP contribution in [0.4, 0.5) is 14.5 Å². The van der Waals surface area contributed by atoms with E-state index in [4.69, 9.17) is 5.41 Å². The van der Waals surface area contributed by atoms with Gasteiger partial charge in [-0.3, -0.25) is 15.0 Å². The summed E-state index contributed by atoms with van der Waals surface area (Å²) in [6, 6.07) is 3.56. The minimum atomic E-state index is -2.72. The number of alkyl halides is 2. The van der Waals surface area contributed by atoms with Gasteiger partial charge >= 0.3 is 0 Å². The van der Waals surface area contributed by atoms with Gasteiger partial charge in [0.15, 0.2) is 5.78 Å². The van der Waals surface area contributed by atoms with E-state index >= 15 is 0 Å². The second kappa shape index (κ2) is 7.17. The van der Waals surface area contributed by atoms with Crippen LogP contribution >= 0.6 is 0 Å². The number of Topliss-reactive ketones (excluding diaryl/α,β-unsaturated/α-hetero) is 2. The summed E-state index contributed by atoms with van der Waals surface area (Å²) in [5, 5.41) is 19.9. The first-order valence-corrected chi connectivity index (χ1v) is 7.75. The number of halogens is 2. The summed E-state index contributed by atoms with van der Waals surface area (Å²) >= 11 is 0. The molecule has 0 saturated heterocycles. The van der Waals surface area contributed by atoms with Gasteiger partial charge in [-0.1, -0.05) is 13.0 Å². The summed E-state index contributed by atoms with van der Waals surface area (Å²) in [6.07, 6.45) is -3.17. The molecule has 1 aromatic rings. The van der Waals surface area contributed by atoms with Crippen LogP contribution in [0.2, 0.25) is 0 Å². The van der Waals surface area contributed by atoms with Crippen molar-refractivity contribution in [3.63, 3.8) is 0 Å². The molecule has 0 amide bonds. The zero-order chi connectivity index (χ0) is 18.0. The van der Waals surface area contributed by atoms with Gasteiger partial charge in [-0.2, -0.15) is 0 Å². The van der Waals surface area contributed by atoms with Gasteiger partial charge in [-0.15, -0.1) is 0 Å². The van der Waals surface area contributed by atoms with Crippen molar-refractivity contribution in [2.75, 3.05) is 5.32 Å². The maximum atomic E-state index is 13.3. The van der Waals surface area contributed by atoms with Crippen molar-refractivity contribution < 1.29 is 23.5 Å². The second-order valence-electron chi connectivity index (χ2n) is 6.07. The zero-order valence-corrected chi connectivity index (χ0v) is 13.5. The average molecular weight is 338 g/mol. The molecular formula is C17H20F2N2O3. The number of aliphatic hydroxyl groups excluding tert-OH is 1. The highest BCUT2D eigenvalue weighted by atomic mass is 19.3. The molecule has 3 unspecified atom stereocenters. The minimum Gasteiger partial charge on any atom is -0.393 e. The van der Waals surface area contributed by atoms with Crippen LogP contribution in [-0.2, 0) is 9.59 Å². The molecule has 1 fully saturated rings. The highest BCUT2D eigenvalue weighted by Crippen LogP contribution is 2.33. The Morgan fingerprint density at radius 1 is 1.25 bits per heavy atom. The third-order valence-electron chi connectivity index (χ3n) is 4.38. The largest absolute Gasteiger partial charge is 0.393 e. The molecule has 1 aliphatic carbocycles. The molecule has 7 heteroatoms. The third-order valence-corrected chi connectivity index (χ3v) is 4.38. The molecule has 0 aromatic heterocycles. The van der Waals surface area contributed by atoms with Crippen LogP contribution in [0.5, 0.6) is 0 Å². The molecule has 1 aliphatic rings. The van der Waals surface area contributed by atoms with Gasteiger partial charge in [-0.05, 0) is 31.0 Å². The van der Waals surface area contributed by atoms with Crippen molar-refractivity contribution >= 4 is 23.0 Å². The summed E-state index contributed by atoms with van der Waals surface area (Å²) in [6.45, 7) is 3.20. The summed E-state index contributed by atoms with van der Waals surface area (Å²) in [7, 11) is 0. The fourth-order valence-electron chi connectivity index (χ4n) is 2.71. The molecule has 0 radical (unpaired) electrons. The molecule has 130 valence electrons. The fraction of sp³-hybridized carbons (Fsp3) is 0.471. The minimum absolute atomic E-state index is 0.0844. The molecule has 5 nitrogen and oxygen atoms in total. The van der Waals surface area contributed by atoms with Crippen LogP contribution in [0.25, 0.3) is 0 Å². The molecule has 3 atom stereocenters. The van der Waals surface area contributed by atoms with Crippen LogP contribution in [0.15, 0.2) is 18.2 Å². The van der Waals surface area contributed by atoms with Crippen LogP contribution in [0.1, 0.15) is 50.2 Å². The standard InChI is InChI=1S/C17H20F2N2O3/c1-8(9(2)22)11-4-3-10(7-12(11)17(18)19)21-13-5-6-14(23)15(20)16(13)24/h3-4,7-9,13,17,20-22H,5-6H2,1-2H3. The Kier molecular flexibility index (Phi) is 5.43. The number of carbonyl (C=O) groups is 2. The Morgan fingerprint density at radius 3 is 2.50 bits per heavy atom. The predicted molar refractivity (Wildman–Crippen MR) is 85.9 cm³/mol. The van der Waals surface area contributed by atoms with E-state index in [1.54, 1.807) is 13.0 Å². The number of benzene rings is 1. The zero-order valence-electron chi connectivity index (χ0n) is 13.5. The number of hydrogen-bond acceptors (Lipinski definition) is 5. The summed E-state index contributed by atoms with van der Waals surface area (Å²) < 4.78 is 26.7. The van der Waals surface area contributed by atoms with E-state index in [9.17, 15) is 23.5 Å². The summed E-state index contributed by atoms with van der Waals surface area (Å²) in [5.41, 5.74) is -0.0780. The Bertz CT molecular complexity index is 674. The summed E-state index contributed by atoms with van der Waals surface area (Å²) in [4.78, 5) is 23.3. The van der Waals surface area contributed by atoms with Gasteiger partial charge in [0, 0.05) is 23.6 Å². The van der Waals surface area contributed by atoms with Gasteiger partial charge in [0.05, 0.1) is 12.1 Å². The SMILES string of the molecule is CC(O)C(C)c1ccc(NC2CCC(=O)C(=N)C2=O)cc1C(F)F. The van der Waals surface area contributed by atoms with Crippen LogP contribution in [-0.4, -0.2) is 34.5 Å². The van der Waals surface area contributed by atoms with E-state index in [2.05, 4.69) is 5.32 Å². The molecule has 24 heavy (non-hydrogen) atoms. The van der Waals surface area contributed by atoms with Crippen molar-refractivity contribution in [1.82, 2.24) is 0 Å². The number of hydrogen-bond donors (Lipinski definition) is 3. The highest BCUT2D eigenvalue weighted by molar-refractivity contribution is 6.67. The molecule has 1 saturated carbocycles. The molecule has 0 spiro atoms. The number of aliphatic hydroxyl groups is 1. The molecular weight excluding hydrogens is 318 g/mol. The third kappa shape index (κ3) is 3.67. The molecule has 0 bridgehead atoms.